The number of nitrogens with two attached hydrogens (primary N) is 1. The monoisotopic (exact) mass is 333 g/mol. The van der Waals surface area contributed by atoms with E-state index < -0.39 is 0 Å². The highest BCUT2D eigenvalue weighted by molar-refractivity contribution is 5.92. The molecule has 0 saturated carbocycles. The maximum absolute atomic E-state index is 12.4. The van der Waals surface area contributed by atoms with Crippen molar-refractivity contribution in [1.82, 2.24) is 4.90 Å². The number of aryl methyl sites for hydroxylation is 1. The third-order valence-electron chi connectivity index (χ3n) is 5.30. The average molecular weight is 333 g/mol. The number of rotatable bonds is 3. The normalized spacial score (nSPS) is 25.6. The number of carbonyl (C=O) groups is 1. The maximum atomic E-state index is 12.4. The quantitative estimate of drug-likeness (QED) is 0.923. The van der Waals surface area contributed by atoms with Crippen molar-refractivity contribution in [1.29, 1.82) is 0 Å². The van der Waals surface area contributed by atoms with E-state index in [9.17, 15) is 4.79 Å². The van der Waals surface area contributed by atoms with E-state index in [1.54, 1.807) is 7.11 Å². The summed E-state index contributed by atoms with van der Waals surface area (Å²) in [4.78, 5) is 16.6. The number of hydrogen-bond acceptors (Lipinski definition) is 3. The molecule has 1 aliphatic rings. The third-order valence-corrected chi connectivity index (χ3v) is 5.30. The van der Waals surface area contributed by atoms with Gasteiger partial charge in [0.15, 0.2) is 0 Å². The fourth-order valence-corrected chi connectivity index (χ4v) is 3.82. The number of carbonyl (C=O) groups excluding carboxylic acids is 1. The van der Waals surface area contributed by atoms with Gasteiger partial charge in [-0.2, -0.15) is 0 Å². The second kappa shape index (κ2) is 7.88. The summed E-state index contributed by atoms with van der Waals surface area (Å²) in [5.41, 5.74) is 7.72. The summed E-state index contributed by atoms with van der Waals surface area (Å²) in [7, 11) is 3.81. The molecular formula is C19H31N3O2. The van der Waals surface area contributed by atoms with E-state index in [0.717, 1.165) is 42.9 Å². The van der Waals surface area contributed by atoms with Crippen molar-refractivity contribution in [3.8, 4) is 5.75 Å². The van der Waals surface area contributed by atoms with Crippen molar-refractivity contribution in [3.63, 3.8) is 0 Å². The van der Waals surface area contributed by atoms with Crippen LogP contribution in [0, 0.1) is 18.8 Å². The second-order valence-electron chi connectivity index (χ2n) is 7.19. The summed E-state index contributed by atoms with van der Waals surface area (Å²) >= 11 is 0. The van der Waals surface area contributed by atoms with Crippen LogP contribution in [0.2, 0.25) is 0 Å². The summed E-state index contributed by atoms with van der Waals surface area (Å²) in [6.45, 7) is 8.57. The van der Waals surface area contributed by atoms with Crippen LogP contribution in [0.5, 0.6) is 5.75 Å². The number of ether oxygens (including phenoxy) is 1. The molecule has 2 rings (SSSR count). The number of nitrogens with zero attached hydrogens (tertiary/aromatic N) is 2. The molecule has 0 aliphatic carbocycles. The molecule has 0 bridgehead atoms. The SMILES string of the molecule is COc1ccc(N(C(N)=O)C2C(C)CCN(C)CCC2C)c(C)c1. The van der Waals surface area contributed by atoms with Crippen molar-refractivity contribution in [2.45, 2.75) is 39.7 Å². The number of primary amides is 1. The molecule has 1 aromatic rings. The van der Waals surface area contributed by atoms with Gasteiger partial charge < -0.3 is 15.4 Å². The van der Waals surface area contributed by atoms with E-state index in [1.807, 2.05) is 30.0 Å². The van der Waals surface area contributed by atoms with Gasteiger partial charge in [0, 0.05) is 11.7 Å². The first-order valence-electron chi connectivity index (χ1n) is 8.77. The lowest BCUT2D eigenvalue weighted by atomic mass is 9.83. The van der Waals surface area contributed by atoms with E-state index in [1.165, 1.54) is 0 Å². The minimum atomic E-state index is -0.374. The van der Waals surface area contributed by atoms with Crippen LogP contribution in [-0.2, 0) is 0 Å². The Bertz CT molecular complexity index is 562. The lowest BCUT2D eigenvalue weighted by Gasteiger charge is -2.41. The zero-order chi connectivity index (χ0) is 17.9. The highest BCUT2D eigenvalue weighted by Gasteiger charge is 2.34. The Kier molecular flexibility index (Phi) is 6.10. The first-order valence-corrected chi connectivity index (χ1v) is 8.77. The predicted octanol–water partition coefficient (Wildman–Crippen LogP) is 3.26. The topological polar surface area (TPSA) is 58.8 Å². The van der Waals surface area contributed by atoms with Gasteiger partial charge in [-0.1, -0.05) is 13.8 Å². The number of urea groups is 1. The summed E-state index contributed by atoms with van der Waals surface area (Å²) < 4.78 is 5.29. The molecule has 2 unspecified atom stereocenters. The Hall–Kier alpha value is -1.75. The predicted molar refractivity (Wildman–Crippen MR) is 98.6 cm³/mol. The summed E-state index contributed by atoms with van der Waals surface area (Å²) in [5, 5.41) is 0. The highest BCUT2D eigenvalue weighted by Crippen LogP contribution is 2.33. The van der Waals surface area contributed by atoms with Gasteiger partial charge in [-0.25, -0.2) is 4.79 Å². The summed E-state index contributed by atoms with van der Waals surface area (Å²) in [5.74, 6) is 1.56. The number of methoxy groups -OCH3 is 1. The Morgan fingerprint density at radius 2 is 1.83 bits per heavy atom. The van der Waals surface area contributed by atoms with Gasteiger partial charge >= 0.3 is 6.03 Å². The van der Waals surface area contributed by atoms with E-state index in [0.29, 0.717) is 11.8 Å². The first-order chi connectivity index (χ1) is 11.3. The van der Waals surface area contributed by atoms with Crippen LogP contribution in [0.3, 0.4) is 0 Å². The van der Waals surface area contributed by atoms with Gasteiger partial charge in [0.2, 0.25) is 0 Å². The van der Waals surface area contributed by atoms with Crippen LogP contribution in [0.1, 0.15) is 32.3 Å². The Morgan fingerprint density at radius 3 is 2.29 bits per heavy atom. The standard InChI is InChI=1S/C19H31N3O2/c1-13-8-10-21(4)11-9-14(2)18(13)22(19(20)23)17-7-6-16(24-5)12-15(17)3/h6-7,12-14,18H,8-11H2,1-5H3,(H2,20,23). The Morgan fingerprint density at radius 1 is 1.25 bits per heavy atom. The number of likely N-dealkylation sites (tertiary alicyclic amines) is 1. The van der Waals surface area contributed by atoms with Gasteiger partial charge in [0.1, 0.15) is 5.75 Å². The molecule has 24 heavy (non-hydrogen) atoms. The average Bonchev–Trinajstić information content (AvgIpc) is 2.54. The first kappa shape index (κ1) is 18.6. The molecule has 1 saturated heterocycles. The minimum Gasteiger partial charge on any atom is -0.497 e. The molecule has 134 valence electrons. The third kappa shape index (κ3) is 4.01. The maximum Gasteiger partial charge on any atom is 0.319 e. The molecular weight excluding hydrogens is 302 g/mol. The summed E-state index contributed by atoms with van der Waals surface area (Å²) in [6, 6.07) is 5.54. The van der Waals surface area contributed by atoms with Gasteiger partial charge in [-0.05, 0) is 75.5 Å². The number of benzene rings is 1. The molecule has 1 aliphatic heterocycles. The zero-order valence-electron chi connectivity index (χ0n) is 15.6. The smallest absolute Gasteiger partial charge is 0.319 e. The fourth-order valence-electron chi connectivity index (χ4n) is 3.82. The van der Waals surface area contributed by atoms with E-state index in [4.69, 9.17) is 10.5 Å². The van der Waals surface area contributed by atoms with Gasteiger partial charge in [-0.15, -0.1) is 0 Å². The van der Waals surface area contributed by atoms with E-state index >= 15 is 0 Å². The molecule has 2 N–H and O–H groups in total. The molecule has 0 radical (unpaired) electrons. The molecule has 1 fully saturated rings. The van der Waals surface area contributed by atoms with Gasteiger partial charge in [0.05, 0.1) is 7.11 Å². The van der Waals surface area contributed by atoms with Crippen LogP contribution in [0.4, 0.5) is 10.5 Å². The minimum absolute atomic E-state index is 0.114. The van der Waals surface area contributed by atoms with Crippen LogP contribution in [-0.4, -0.2) is 44.2 Å². The molecule has 0 aromatic heterocycles. The summed E-state index contributed by atoms with van der Waals surface area (Å²) in [6.07, 6.45) is 2.12. The molecule has 1 aromatic carbocycles. The van der Waals surface area contributed by atoms with Crippen molar-refractivity contribution in [3.05, 3.63) is 23.8 Å². The molecule has 2 atom stereocenters. The van der Waals surface area contributed by atoms with Crippen molar-refractivity contribution < 1.29 is 9.53 Å². The van der Waals surface area contributed by atoms with Crippen LogP contribution >= 0.6 is 0 Å². The Balaban J connectivity index is 2.39. The zero-order valence-corrected chi connectivity index (χ0v) is 15.6. The molecule has 0 spiro atoms. The molecule has 1 heterocycles. The molecule has 5 nitrogen and oxygen atoms in total. The van der Waals surface area contributed by atoms with Crippen LogP contribution in [0.15, 0.2) is 18.2 Å². The molecule has 5 heteroatoms. The lowest BCUT2D eigenvalue weighted by Crippen LogP contribution is -2.52. The largest absolute Gasteiger partial charge is 0.497 e. The van der Waals surface area contributed by atoms with Crippen molar-refractivity contribution in [2.75, 3.05) is 32.1 Å². The van der Waals surface area contributed by atoms with Crippen molar-refractivity contribution in [2.24, 2.45) is 17.6 Å². The fraction of sp³-hybridized carbons (Fsp3) is 0.632. The van der Waals surface area contributed by atoms with E-state index in [-0.39, 0.29) is 12.1 Å². The van der Waals surface area contributed by atoms with Gasteiger partial charge in [-0.3, -0.25) is 4.90 Å². The lowest BCUT2D eigenvalue weighted by molar-refractivity contribution is 0.196. The number of amides is 2. The second-order valence-corrected chi connectivity index (χ2v) is 7.19. The number of anilines is 1. The van der Waals surface area contributed by atoms with E-state index in [2.05, 4.69) is 25.8 Å². The Labute approximate surface area is 145 Å². The van der Waals surface area contributed by atoms with Gasteiger partial charge in [0.25, 0.3) is 0 Å². The van der Waals surface area contributed by atoms with Crippen LogP contribution in [0.25, 0.3) is 0 Å². The molecule has 2 amide bonds. The highest BCUT2D eigenvalue weighted by atomic mass is 16.5. The van der Waals surface area contributed by atoms with Crippen LogP contribution < -0.4 is 15.4 Å². The van der Waals surface area contributed by atoms with Crippen molar-refractivity contribution >= 4 is 11.7 Å². The number of hydrogen-bond donors (Lipinski definition) is 1.